The fraction of sp³-hybridized carbons (Fsp3) is 0.286. The molecular formula is C21H21N5. The Morgan fingerprint density at radius 1 is 0.923 bits per heavy atom. The smallest absolute Gasteiger partial charge is 0.185 e. The number of aryl methyl sites for hydroxylation is 1. The Hall–Kier alpha value is -2.95. The molecule has 0 atom stereocenters. The van der Waals surface area contributed by atoms with Gasteiger partial charge in [0.1, 0.15) is 0 Å². The Morgan fingerprint density at radius 3 is 2.50 bits per heavy atom. The Morgan fingerprint density at radius 2 is 1.65 bits per heavy atom. The molecule has 0 spiro atoms. The van der Waals surface area contributed by atoms with Gasteiger partial charge >= 0.3 is 0 Å². The summed E-state index contributed by atoms with van der Waals surface area (Å²) in [4.78, 5) is 2.39. The van der Waals surface area contributed by atoms with E-state index in [1.54, 1.807) is 0 Å². The lowest BCUT2D eigenvalue weighted by Gasteiger charge is -2.40. The first-order valence-electron chi connectivity index (χ1n) is 8.99. The highest BCUT2D eigenvalue weighted by Gasteiger charge is 2.33. The van der Waals surface area contributed by atoms with Gasteiger partial charge in [-0.3, -0.25) is 0 Å². The molecule has 0 radical (unpaired) electrons. The van der Waals surface area contributed by atoms with E-state index in [9.17, 15) is 0 Å². The quantitative estimate of drug-likeness (QED) is 0.526. The summed E-state index contributed by atoms with van der Waals surface area (Å²) in [7, 11) is 0. The highest BCUT2D eigenvalue weighted by molar-refractivity contribution is 6.00. The van der Waals surface area contributed by atoms with Crippen LogP contribution in [0.4, 0.5) is 5.82 Å². The van der Waals surface area contributed by atoms with Crippen LogP contribution in [0.15, 0.2) is 48.5 Å². The van der Waals surface area contributed by atoms with Gasteiger partial charge in [-0.2, -0.15) is 4.52 Å². The number of anilines is 1. The van der Waals surface area contributed by atoms with Crippen molar-refractivity contribution in [2.24, 2.45) is 0 Å². The van der Waals surface area contributed by atoms with Crippen LogP contribution in [-0.4, -0.2) is 26.4 Å². The maximum Gasteiger partial charge on any atom is 0.185 e. The molecule has 2 aromatic heterocycles. The largest absolute Gasteiger partial charge is 0.349 e. The van der Waals surface area contributed by atoms with E-state index in [2.05, 4.69) is 71.4 Å². The van der Waals surface area contributed by atoms with Crippen molar-refractivity contribution in [3.8, 4) is 0 Å². The van der Waals surface area contributed by atoms with Crippen LogP contribution in [0.5, 0.6) is 0 Å². The second-order valence-electron chi connectivity index (χ2n) is 7.75. The van der Waals surface area contributed by atoms with Gasteiger partial charge in [0.2, 0.25) is 0 Å². The van der Waals surface area contributed by atoms with Crippen LogP contribution in [0.3, 0.4) is 0 Å². The average molecular weight is 343 g/mol. The predicted molar refractivity (Wildman–Crippen MR) is 104 cm³/mol. The van der Waals surface area contributed by atoms with E-state index in [0.29, 0.717) is 0 Å². The number of hydrogen-bond acceptors (Lipinski definition) is 4. The van der Waals surface area contributed by atoms with Gasteiger partial charge in [0.05, 0.1) is 0 Å². The summed E-state index contributed by atoms with van der Waals surface area (Å²) >= 11 is 0. The molecule has 0 fully saturated rings. The van der Waals surface area contributed by atoms with Gasteiger partial charge < -0.3 is 4.90 Å². The standard InChI is InChI=1S/C21H21N5/c1-14-22-23-19-16-9-5-6-10-17(16)20(24-26(14)19)25-12-15-8-4-7-11-18(15)21(2,3)13-25/h4-11H,12-13H2,1-3H3. The molecule has 26 heavy (non-hydrogen) atoms. The molecule has 2 aromatic carbocycles. The zero-order chi connectivity index (χ0) is 17.9. The number of hydrogen-bond donors (Lipinski definition) is 0. The third kappa shape index (κ3) is 2.13. The monoisotopic (exact) mass is 343 g/mol. The highest BCUT2D eigenvalue weighted by Crippen LogP contribution is 2.37. The van der Waals surface area contributed by atoms with Crippen molar-refractivity contribution in [2.45, 2.75) is 32.7 Å². The lowest BCUT2D eigenvalue weighted by molar-refractivity contribution is 0.474. The molecule has 0 bridgehead atoms. The predicted octanol–water partition coefficient (Wildman–Crippen LogP) is 3.88. The lowest BCUT2D eigenvalue weighted by atomic mass is 9.78. The molecule has 0 unspecified atom stereocenters. The zero-order valence-electron chi connectivity index (χ0n) is 15.3. The normalized spacial score (nSPS) is 16.2. The number of fused-ring (bicyclic) bond motifs is 4. The summed E-state index contributed by atoms with van der Waals surface area (Å²) < 4.78 is 1.87. The molecule has 0 saturated carbocycles. The number of nitrogens with zero attached hydrogens (tertiary/aromatic N) is 5. The minimum absolute atomic E-state index is 0.0643. The van der Waals surface area contributed by atoms with Gasteiger partial charge in [-0.15, -0.1) is 15.3 Å². The van der Waals surface area contributed by atoms with Crippen molar-refractivity contribution >= 4 is 22.2 Å². The molecule has 0 N–H and O–H groups in total. The SMILES string of the molecule is Cc1nnc2c3ccccc3c(N3Cc4ccccc4C(C)(C)C3)nn12. The molecule has 3 heterocycles. The van der Waals surface area contributed by atoms with Gasteiger partial charge in [0, 0.05) is 29.3 Å². The molecule has 130 valence electrons. The Kier molecular flexibility index (Phi) is 3.11. The van der Waals surface area contributed by atoms with Crippen molar-refractivity contribution in [1.29, 1.82) is 0 Å². The van der Waals surface area contributed by atoms with Crippen LogP contribution in [-0.2, 0) is 12.0 Å². The molecule has 4 aromatic rings. The van der Waals surface area contributed by atoms with E-state index in [4.69, 9.17) is 5.10 Å². The molecule has 1 aliphatic rings. The Bertz CT molecular complexity index is 1140. The summed E-state index contributed by atoms with van der Waals surface area (Å²) in [5.41, 5.74) is 3.69. The molecule has 0 amide bonds. The van der Waals surface area contributed by atoms with Gasteiger partial charge in [-0.25, -0.2) is 0 Å². The van der Waals surface area contributed by atoms with Crippen molar-refractivity contribution < 1.29 is 0 Å². The average Bonchev–Trinajstić information content (AvgIpc) is 3.02. The number of rotatable bonds is 1. The molecule has 1 aliphatic heterocycles. The van der Waals surface area contributed by atoms with Gasteiger partial charge in [0.25, 0.3) is 0 Å². The van der Waals surface area contributed by atoms with Crippen molar-refractivity contribution in [3.63, 3.8) is 0 Å². The van der Waals surface area contributed by atoms with Gasteiger partial charge in [-0.05, 0) is 18.1 Å². The fourth-order valence-electron chi connectivity index (χ4n) is 4.19. The minimum atomic E-state index is 0.0643. The molecule has 5 rings (SSSR count). The van der Waals surface area contributed by atoms with E-state index < -0.39 is 0 Å². The molecule has 0 aliphatic carbocycles. The Balaban J connectivity index is 1.75. The number of aromatic nitrogens is 4. The van der Waals surface area contributed by atoms with Crippen LogP contribution in [0.25, 0.3) is 16.4 Å². The summed E-state index contributed by atoms with van der Waals surface area (Å²) in [6, 6.07) is 17.1. The molecule has 5 nitrogen and oxygen atoms in total. The second kappa shape index (κ2) is 5.27. The van der Waals surface area contributed by atoms with E-state index in [1.165, 1.54) is 11.1 Å². The second-order valence-corrected chi connectivity index (χ2v) is 7.75. The van der Waals surface area contributed by atoms with Crippen molar-refractivity contribution in [2.75, 3.05) is 11.4 Å². The van der Waals surface area contributed by atoms with Crippen molar-refractivity contribution in [1.82, 2.24) is 19.8 Å². The maximum atomic E-state index is 4.94. The van der Waals surface area contributed by atoms with Gasteiger partial charge in [-0.1, -0.05) is 62.4 Å². The van der Waals surface area contributed by atoms with Crippen molar-refractivity contribution in [3.05, 3.63) is 65.5 Å². The first-order valence-corrected chi connectivity index (χ1v) is 8.99. The Labute approximate surface area is 152 Å². The topological polar surface area (TPSA) is 46.3 Å². The number of benzene rings is 2. The zero-order valence-corrected chi connectivity index (χ0v) is 15.3. The molecular weight excluding hydrogens is 322 g/mol. The fourth-order valence-corrected chi connectivity index (χ4v) is 4.19. The summed E-state index contributed by atoms with van der Waals surface area (Å²) in [6.07, 6.45) is 0. The summed E-state index contributed by atoms with van der Waals surface area (Å²) in [5.74, 6) is 1.81. The maximum absolute atomic E-state index is 4.94. The molecule has 0 saturated heterocycles. The van der Waals surface area contributed by atoms with E-state index in [0.717, 1.165) is 41.2 Å². The summed E-state index contributed by atoms with van der Waals surface area (Å²) in [6.45, 7) is 8.35. The first-order chi connectivity index (χ1) is 12.5. The first kappa shape index (κ1) is 15.3. The van der Waals surface area contributed by atoms with Crippen LogP contribution >= 0.6 is 0 Å². The van der Waals surface area contributed by atoms with Crippen LogP contribution in [0, 0.1) is 6.92 Å². The van der Waals surface area contributed by atoms with E-state index >= 15 is 0 Å². The third-order valence-electron chi connectivity index (χ3n) is 5.39. The minimum Gasteiger partial charge on any atom is -0.349 e. The molecule has 5 heteroatoms. The van der Waals surface area contributed by atoms with Crippen LogP contribution in [0.1, 0.15) is 30.8 Å². The summed E-state index contributed by atoms with van der Waals surface area (Å²) in [5, 5.41) is 15.7. The van der Waals surface area contributed by atoms with Gasteiger partial charge in [0.15, 0.2) is 17.3 Å². The van der Waals surface area contributed by atoms with Crippen LogP contribution in [0.2, 0.25) is 0 Å². The van der Waals surface area contributed by atoms with Crippen LogP contribution < -0.4 is 4.90 Å². The highest BCUT2D eigenvalue weighted by atomic mass is 15.4. The third-order valence-corrected chi connectivity index (χ3v) is 5.39. The van der Waals surface area contributed by atoms with E-state index in [-0.39, 0.29) is 5.41 Å². The van der Waals surface area contributed by atoms with E-state index in [1.807, 2.05) is 17.5 Å². The lowest BCUT2D eigenvalue weighted by Crippen LogP contribution is -2.42.